The van der Waals surface area contributed by atoms with E-state index in [1.807, 2.05) is 36.5 Å². The van der Waals surface area contributed by atoms with Crippen LogP contribution in [0.15, 0.2) is 36.5 Å². The van der Waals surface area contributed by atoms with Gasteiger partial charge in [-0.3, -0.25) is 9.59 Å². The molecular weight excluding hydrogens is 310 g/mol. The summed E-state index contributed by atoms with van der Waals surface area (Å²) < 4.78 is 6.85. The number of carboxylic acid groups (broad SMARTS) is 1. The average Bonchev–Trinajstić information content (AvgIpc) is 3.06. The SMILES string of the molecule is COc1ccc(-n2ccc(CNC(=O)CCCCC(=O)O)n2)cc1. The normalized spacial score (nSPS) is 10.4. The molecule has 128 valence electrons. The monoisotopic (exact) mass is 331 g/mol. The Bertz CT molecular complexity index is 679. The van der Waals surface area contributed by atoms with Crippen LogP contribution >= 0.6 is 0 Å². The number of nitrogens with zero attached hydrogens (tertiary/aromatic N) is 2. The van der Waals surface area contributed by atoms with E-state index in [0.717, 1.165) is 17.1 Å². The van der Waals surface area contributed by atoms with Gasteiger partial charge >= 0.3 is 5.97 Å². The number of carbonyl (C=O) groups is 2. The number of benzene rings is 1. The number of carbonyl (C=O) groups excluding carboxylic acids is 1. The number of hydrogen-bond acceptors (Lipinski definition) is 4. The molecule has 0 aliphatic carbocycles. The van der Waals surface area contributed by atoms with Gasteiger partial charge in [0.2, 0.25) is 5.91 Å². The topological polar surface area (TPSA) is 93.5 Å². The van der Waals surface area contributed by atoms with E-state index in [9.17, 15) is 9.59 Å². The molecule has 2 aromatic rings. The summed E-state index contributed by atoms with van der Waals surface area (Å²) in [5.41, 5.74) is 1.66. The van der Waals surface area contributed by atoms with E-state index < -0.39 is 5.97 Å². The first kappa shape index (κ1) is 17.5. The number of unbranched alkanes of at least 4 members (excludes halogenated alkanes) is 1. The van der Waals surface area contributed by atoms with Gasteiger partial charge in [0.05, 0.1) is 25.0 Å². The van der Waals surface area contributed by atoms with E-state index in [1.165, 1.54) is 0 Å². The molecular formula is C17H21N3O4. The Morgan fingerprint density at radius 1 is 1.17 bits per heavy atom. The van der Waals surface area contributed by atoms with Crippen molar-refractivity contribution in [1.82, 2.24) is 15.1 Å². The summed E-state index contributed by atoms with van der Waals surface area (Å²) >= 11 is 0. The minimum atomic E-state index is -0.834. The zero-order chi connectivity index (χ0) is 17.4. The number of hydrogen-bond donors (Lipinski definition) is 2. The number of rotatable bonds is 9. The molecule has 2 N–H and O–H groups in total. The molecule has 1 aromatic carbocycles. The van der Waals surface area contributed by atoms with Crippen LogP contribution in [0.5, 0.6) is 5.75 Å². The van der Waals surface area contributed by atoms with Gasteiger partial charge in [0, 0.05) is 19.0 Å². The predicted octanol–water partition coefficient (Wildman–Crippen LogP) is 2.14. The van der Waals surface area contributed by atoms with Crippen molar-refractivity contribution in [3.63, 3.8) is 0 Å². The lowest BCUT2D eigenvalue weighted by molar-refractivity contribution is -0.137. The van der Waals surface area contributed by atoms with Crippen molar-refractivity contribution in [1.29, 1.82) is 0 Å². The Hall–Kier alpha value is -2.83. The smallest absolute Gasteiger partial charge is 0.303 e. The number of nitrogens with one attached hydrogen (secondary N) is 1. The summed E-state index contributed by atoms with van der Waals surface area (Å²) in [5.74, 6) is -0.153. The van der Waals surface area contributed by atoms with Crippen molar-refractivity contribution >= 4 is 11.9 Å². The minimum Gasteiger partial charge on any atom is -0.497 e. The number of ether oxygens (including phenoxy) is 1. The van der Waals surface area contributed by atoms with Crippen LogP contribution in [0.4, 0.5) is 0 Å². The molecule has 24 heavy (non-hydrogen) atoms. The Morgan fingerprint density at radius 2 is 1.88 bits per heavy atom. The molecule has 0 bridgehead atoms. The highest BCUT2D eigenvalue weighted by Gasteiger charge is 2.05. The molecule has 0 spiro atoms. The highest BCUT2D eigenvalue weighted by atomic mass is 16.5. The van der Waals surface area contributed by atoms with Crippen LogP contribution in [-0.4, -0.2) is 33.9 Å². The molecule has 0 aliphatic heterocycles. The van der Waals surface area contributed by atoms with Gasteiger partial charge in [0.25, 0.3) is 0 Å². The summed E-state index contributed by atoms with van der Waals surface area (Å²) in [4.78, 5) is 22.1. The van der Waals surface area contributed by atoms with Crippen molar-refractivity contribution in [3.8, 4) is 11.4 Å². The summed E-state index contributed by atoms with van der Waals surface area (Å²) in [5, 5.41) is 15.7. The molecule has 0 aliphatic rings. The van der Waals surface area contributed by atoms with Gasteiger partial charge in [-0.2, -0.15) is 5.10 Å². The zero-order valence-corrected chi connectivity index (χ0v) is 13.6. The van der Waals surface area contributed by atoms with Crippen molar-refractivity contribution in [2.24, 2.45) is 0 Å². The Kier molecular flexibility index (Phi) is 6.36. The van der Waals surface area contributed by atoms with Gasteiger partial charge in [-0.05, 0) is 43.2 Å². The molecule has 0 radical (unpaired) electrons. The largest absolute Gasteiger partial charge is 0.497 e. The molecule has 7 heteroatoms. The van der Waals surface area contributed by atoms with Gasteiger partial charge in [0.15, 0.2) is 0 Å². The quantitative estimate of drug-likeness (QED) is 0.687. The molecule has 0 atom stereocenters. The van der Waals surface area contributed by atoms with Gasteiger partial charge in [-0.15, -0.1) is 0 Å². The highest BCUT2D eigenvalue weighted by Crippen LogP contribution is 2.14. The molecule has 0 saturated heterocycles. The second-order valence-corrected chi connectivity index (χ2v) is 5.33. The number of amides is 1. The molecule has 1 amide bonds. The molecule has 0 saturated carbocycles. The van der Waals surface area contributed by atoms with E-state index in [-0.39, 0.29) is 12.3 Å². The summed E-state index contributed by atoms with van der Waals surface area (Å²) in [6.45, 7) is 0.348. The highest BCUT2D eigenvalue weighted by molar-refractivity contribution is 5.75. The van der Waals surface area contributed by atoms with Crippen LogP contribution in [0.1, 0.15) is 31.4 Å². The Balaban J connectivity index is 1.78. The van der Waals surface area contributed by atoms with E-state index >= 15 is 0 Å². The lowest BCUT2D eigenvalue weighted by atomic mass is 10.2. The lowest BCUT2D eigenvalue weighted by Gasteiger charge is -2.04. The van der Waals surface area contributed by atoms with Crippen LogP contribution in [-0.2, 0) is 16.1 Å². The second kappa shape index (κ2) is 8.71. The molecule has 1 heterocycles. The number of methoxy groups -OCH3 is 1. The fourth-order valence-electron chi connectivity index (χ4n) is 2.17. The van der Waals surface area contributed by atoms with Gasteiger partial charge < -0.3 is 15.2 Å². The van der Waals surface area contributed by atoms with Crippen molar-refractivity contribution in [3.05, 3.63) is 42.2 Å². The molecule has 7 nitrogen and oxygen atoms in total. The Labute approximate surface area is 140 Å². The van der Waals surface area contributed by atoms with Crippen molar-refractivity contribution < 1.29 is 19.4 Å². The Morgan fingerprint density at radius 3 is 2.54 bits per heavy atom. The fraction of sp³-hybridized carbons (Fsp3) is 0.353. The number of carboxylic acids is 1. The molecule has 2 rings (SSSR count). The third kappa shape index (κ3) is 5.42. The summed E-state index contributed by atoms with van der Waals surface area (Å²) in [7, 11) is 1.62. The van der Waals surface area contributed by atoms with E-state index in [1.54, 1.807) is 11.8 Å². The maximum Gasteiger partial charge on any atom is 0.303 e. The summed E-state index contributed by atoms with van der Waals surface area (Å²) in [6, 6.07) is 9.35. The zero-order valence-electron chi connectivity index (χ0n) is 13.6. The van der Waals surface area contributed by atoms with E-state index in [0.29, 0.717) is 25.8 Å². The number of aliphatic carboxylic acids is 1. The average molecular weight is 331 g/mol. The van der Waals surface area contributed by atoms with Crippen LogP contribution < -0.4 is 10.1 Å². The maximum atomic E-state index is 11.7. The molecule has 0 unspecified atom stereocenters. The second-order valence-electron chi connectivity index (χ2n) is 5.33. The van der Waals surface area contributed by atoms with Crippen LogP contribution in [0.25, 0.3) is 5.69 Å². The third-order valence-electron chi connectivity index (χ3n) is 3.49. The van der Waals surface area contributed by atoms with Crippen LogP contribution in [0.2, 0.25) is 0 Å². The van der Waals surface area contributed by atoms with E-state index in [4.69, 9.17) is 9.84 Å². The third-order valence-corrected chi connectivity index (χ3v) is 3.49. The molecule has 0 fully saturated rings. The lowest BCUT2D eigenvalue weighted by Crippen LogP contribution is -2.22. The predicted molar refractivity (Wildman–Crippen MR) is 88.1 cm³/mol. The van der Waals surface area contributed by atoms with Crippen molar-refractivity contribution in [2.45, 2.75) is 32.2 Å². The van der Waals surface area contributed by atoms with Crippen molar-refractivity contribution in [2.75, 3.05) is 7.11 Å². The molecule has 1 aromatic heterocycles. The standard InChI is InChI=1S/C17H21N3O4/c1-24-15-8-6-14(7-9-15)20-11-10-13(19-20)12-18-16(21)4-2-3-5-17(22)23/h6-11H,2-5,12H2,1H3,(H,18,21)(H,22,23). The van der Waals surface area contributed by atoms with E-state index in [2.05, 4.69) is 10.4 Å². The maximum absolute atomic E-state index is 11.7. The van der Waals surface area contributed by atoms with Gasteiger partial charge in [0.1, 0.15) is 5.75 Å². The first-order valence-electron chi connectivity index (χ1n) is 7.76. The van der Waals surface area contributed by atoms with Crippen LogP contribution in [0, 0.1) is 0 Å². The van der Waals surface area contributed by atoms with Gasteiger partial charge in [-0.25, -0.2) is 4.68 Å². The number of aromatic nitrogens is 2. The first-order chi connectivity index (χ1) is 11.6. The fourth-order valence-corrected chi connectivity index (χ4v) is 2.17. The van der Waals surface area contributed by atoms with Crippen LogP contribution in [0.3, 0.4) is 0 Å². The first-order valence-corrected chi connectivity index (χ1v) is 7.76. The summed E-state index contributed by atoms with van der Waals surface area (Å²) in [6.07, 6.45) is 3.33. The minimum absolute atomic E-state index is 0.0968. The van der Waals surface area contributed by atoms with Gasteiger partial charge in [-0.1, -0.05) is 0 Å².